The fourth-order valence-corrected chi connectivity index (χ4v) is 2.30. The highest BCUT2D eigenvalue weighted by Crippen LogP contribution is 2.33. The molecular weight excluding hydrogens is 345 g/mol. The van der Waals surface area contributed by atoms with Crippen molar-refractivity contribution in [2.45, 2.75) is 52.7 Å². The van der Waals surface area contributed by atoms with E-state index in [-0.39, 0.29) is 5.82 Å². The zero-order valence-electron chi connectivity index (χ0n) is 16.0. The molecule has 0 radical (unpaired) electrons. The van der Waals surface area contributed by atoms with Crippen molar-refractivity contribution in [3.8, 4) is 0 Å². The van der Waals surface area contributed by atoms with Crippen molar-refractivity contribution in [2.75, 3.05) is 18.2 Å². The summed E-state index contributed by atoms with van der Waals surface area (Å²) in [6.07, 6.45) is -1.86. The number of imide groups is 1. The molecule has 0 N–H and O–H groups in total. The summed E-state index contributed by atoms with van der Waals surface area (Å²) < 4.78 is 22.5. The first-order chi connectivity index (χ1) is 11.1. The van der Waals surface area contributed by atoms with Crippen LogP contribution >= 0.6 is 7.14 Å². The minimum atomic E-state index is -2.61. The zero-order valence-corrected chi connectivity index (χ0v) is 16.9. The van der Waals surface area contributed by atoms with Crippen LogP contribution in [-0.2, 0) is 14.0 Å². The quantitative estimate of drug-likeness (QED) is 0.735. The maximum atomic E-state index is 12.4. The molecule has 2 amide bonds. The smallest absolute Gasteiger partial charge is 0.425 e. The van der Waals surface area contributed by atoms with Gasteiger partial charge in [-0.2, -0.15) is 4.90 Å². The molecule has 0 fully saturated rings. The van der Waals surface area contributed by atoms with Crippen LogP contribution in [0.25, 0.3) is 0 Å². The lowest BCUT2D eigenvalue weighted by atomic mass is 10.2. The molecule has 0 aliphatic heterocycles. The Labute approximate surface area is 148 Å². The van der Waals surface area contributed by atoms with E-state index in [1.807, 2.05) is 0 Å². The van der Waals surface area contributed by atoms with E-state index in [0.717, 1.165) is 0 Å². The molecular formula is C16H26N3O5P. The maximum Gasteiger partial charge on any atom is 0.425 e. The van der Waals surface area contributed by atoms with E-state index in [1.165, 1.54) is 12.1 Å². The monoisotopic (exact) mass is 371 g/mol. The minimum absolute atomic E-state index is 0.0688. The number of carbonyl (C=O) groups is 2. The lowest BCUT2D eigenvalue weighted by Gasteiger charge is -2.27. The Kier molecular flexibility index (Phi) is 6.01. The summed E-state index contributed by atoms with van der Waals surface area (Å²) in [7, 11) is -2.61. The molecule has 8 nitrogen and oxygen atoms in total. The van der Waals surface area contributed by atoms with E-state index >= 15 is 0 Å². The summed E-state index contributed by atoms with van der Waals surface area (Å²) in [5, 5.41) is 7.71. The summed E-state index contributed by atoms with van der Waals surface area (Å²) in [6.45, 7) is 13.2. The average molecular weight is 371 g/mol. The molecule has 0 aliphatic carbocycles. The Morgan fingerprint density at radius 2 is 1.36 bits per heavy atom. The number of nitrogens with zero attached hydrogens (tertiary/aromatic N) is 3. The highest BCUT2D eigenvalue weighted by atomic mass is 31.2. The topological polar surface area (TPSA) is 98.7 Å². The van der Waals surface area contributed by atoms with E-state index in [0.29, 0.717) is 10.3 Å². The van der Waals surface area contributed by atoms with Crippen molar-refractivity contribution in [1.82, 2.24) is 10.2 Å². The van der Waals surface area contributed by atoms with E-state index in [2.05, 4.69) is 10.2 Å². The van der Waals surface area contributed by atoms with Gasteiger partial charge in [0.05, 0.1) is 0 Å². The largest absolute Gasteiger partial charge is 0.443 e. The van der Waals surface area contributed by atoms with Gasteiger partial charge in [0.1, 0.15) is 23.8 Å². The number of hydrogen-bond acceptors (Lipinski definition) is 7. The molecule has 1 rings (SSSR count). The van der Waals surface area contributed by atoms with E-state index in [4.69, 9.17) is 9.47 Å². The van der Waals surface area contributed by atoms with Crippen LogP contribution in [0.3, 0.4) is 0 Å². The number of anilines is 1. The Bertz CT molecular complexity index is 655. The van der Waals surface area contributed by atoms with Gasteiger partial charge in [0.15, 0.2) is 5.82 Å². The lowest BCUT2D eigenvalue weighted by Crippen LogP contribution is -2.44. The first-order valence-electron chi connectivity index (χ1n) is 7.75. The van der Waals surface area contributed by atoms with Crippen molar-refractivity contribution in [3.05, 3.63) is 12.1 Å². The van der Waals surface area contributed by atoms with Crippen LogP contribution in [0.2, 0.25) is 0 Å². The van der Waals surface area contributed by atoms with Crippen LogP contribution in [0.15, 0.2) is 12.1 Å². The van der Waals surface area contributed by atoms with Gasteiger partial charge >= 0.3 is 12.2 Å². The van der Waals surface area contributed by atoms with Crippen molar-refractivity contribution in [2.24, 2.45) is 0 Å². The number of amides is 2. The Morgan fingerprint density at radius 1 is 0.920 bits per heavy atom. The van der Waals surface area contributed by atoms with Gasteiger partial charge in [-0.25, -0.2) is 9.59 Å². The SMILES string of the molecule is CC(C)(C)OC(=O)N(C(=O)OC(C)(C)C)c1ccc(P(C)(C)=O)nn1. The molecule has 0 spiro atoms. The Morgan fingerprint density at radius 3 is 1.64 bits per heavy atom. The van der Waals surface area contributed by atoms with Gasteiger partial charge in [-0.3, -0.25) is 0 Å². The third-order valence-corrected chi connectivity index (χ3v) is 3.91. The molecule has 140 valence electrons. The van der Waals surface area contributed by atoms with Crippen LogP contribution in [-0.4, -0.2) is 46.9 Å². The highest BCUT2D eigenvalue weighted by molar-refractivity contribution is 7.69. The molecule has 0 atom stereocenters. The molecule has 0 saturated heterocycles. The van der Waals surface area contributed by atoms with E-state index in [9.17, 15) is 14.2 Å². The van der Waals surface area contributed by atoms with Gasteiger partial charge < -0.3 is 14.0 Å². The lowest BCUT2D eigenvalue weighted by molar-refractivity contribution is 0.0428. The predicted molar refractivity (Wildman–Crippen MR) is 96.1 cm³/mol. The molecule has 1 heterocycles. The molecule has 0 bridgehead atoms. The van der Waals surface area contributed by atoms with Crippen LogP contribution in [0.1, 0.15) is 41.5 Å². The second-order valence-corrected chi connectivity index (χ2v) is 11.1. The zero-order chi connectivity index (χ0) is 19.6. The highest BCUT2D eigenvalue weighted by Gasteiger charge is 2.34. The number of rotatable bonds is 2. The number of ether oxygens (including phenoxy) is 2. The summed E-state index contributed by atoms with van der Waals surface area (Å²) >= 11 is 0. The molecule has 0 saturated carbocycles. The first-order valence-corrected chi connectivity index (χ1v) is 10.4. The summed E-state index contributed by atoms with van der Waals surface area (Å²) in [6, 6.07) is 2.85. The van der Waals surface area contributed by atoms with Crippen LogP contribution in [0.4, 0.5) is 15.4 Å². The van der Waals surface area contributed by atoms with Crippen LogP contribution in [0.5, 0.6) is 0 Å². The van der Waals surface area contributed by atoms with Gasteiger partial charge in [0.2, 0.25) is 0 Å². The summed E-state index contributed by atoms with van der Waals surface area (Å²) in [5.41, 5.74) is -1.33. The molecule has 1 aromatic heterocycles. The summed E-state index contributed by atoms with van der Waals surface area (Å²) in [5.74, 6) is -0.0688. The number of aromatic nitrogens is 2. The summed E-state index contributed by atoms with van der Waals surface area (Å²) in [4.78, 5) is 25.6. The minimum Gasteiger partial charge on any atom is -0.443 e. The predicted octanol–water partition coefficient (Wildman–Crippen LogP) is 3.40. The van der Waals surface area contributed by atoms with Gasteiger partial charge in [-0.1, -0.05) is 0 Å². The maximum absolute atomic E-state index is 12.4. The number of carbonyl (C=O) groups excluding carboxylic acids is 2. The van der Waals surface area contributed by atoms with Gasteiger partial charge in [0, 0.05) is 0 Å². The molecule has 0 unspecified atom stereocenters. The van der Waals surface area contributed by atoms with Crippen molar-refractivity contribution in [1.29, 1.82) is 0 Å². The Hall–Kier alpha value is -1.95. The molecule has 9 heteroatoms. The van der Waals surface area contributed by atoms with Gasteiger partial charge in [-0.15, -0.1) is 10.2 Å². The second-order valence-electron chi connectivity index (χ2n) is 7.90. The van der Waals surface area contributed by atoms with Crippen LogP contribution in [0, 0.1) is 0 Å². The number of hydrogen-bond donors (Lipinski definition) is 0. The van der Waals surface area contributed by atoms with Crippen molar-refractivity contribution in [3.63, 3.8) is 0 Å². The molecule has 0 aromatic carbocycles. The fraction of sp³-hybridized carbons (Fsp3) is 0.625. The molecule has 25 heavy (non-hydrogen) atoms. The van der Waals surface area contributed by atoms with E-state index in [1.54, 1.807) is 54.9 Å². The third-order valence-electron chi connectivity index (χ3n) is 2.57. The van der Waals surface area contributed by atoms with Crippen molar-refractivity contribution >= 4 is 30.6 Å². The molecule has 0 aliphatic rings. The molecule has 1 aromatic rings. The van der Waals surface area contributed by atoms with Crippen LogP contribution < -0.4 is 10.3 Å². The second kappa shape index (κ2) is 7.12. The normalized spacial score (nSPS) is 12.5. The third kappa shape index (κ3) is 6.82. The van der Waals surface area contributed by atoms with Gasteiger partial charge in [0.25, 0.3) is 0 Å². The van der Waals surface area contributed by atoms with E-state index < -0.39 is 30.5 Å². The standard InChI is InChI=1S/C16H26N3O5P/c1-15(2,3)23-13(20)19(14(21)24-16(4,5)6)11-9-10-12(18-17-11)25(7,8)22/h9-10H,1-8H3. The van der Waals surface area contributed by atoms with Crippen molar-refractivity contribution < 1.29 is 23.6 Å². The average Bonchev–Trinajstić information content (AvgIpc) is 2.33. The fourth-order valence-electron chi connectivity index (χ4n) is 1.60. The Balaban J connectivity index is 3.24. The first kappa shape index (κ1) is 21.1. The van der Waals surface area contributed by atoms with Gasteiger partial charge in [-0.05, 0) is 67.0 Å².